The highest BCUT2D eigenvalue weighted by atomic mass is 19.4. The second-order valence-electron chi connectivity index (χ2n) is 7.68. The van der Waals surface area contributed by atoms with E-state index in [1.165, 1.54) is 24.3 Å². The van der Waals surface area contributed by atoms with Crippen LogP contribution in [0.1, 0.15) is 39.2 Å². The van der Waals surface area contributed by atoms with Crippen LogP contribution in [0.25, 0.3) is 6.08 Å². The zero-order chi connectivity index (χ0) is 20.9. The molecule has 1 aromatic carbocycles. The van der Waals surface area contributed by atoms with Gasteiger partial charge in [-0.3, -0.25) is 0 Å². The van der Waals surface area contributed by atoms with E-state index in [1.54, 1.807) is 4.90 Å². The first-order chi connectivity index (χ1) is 13.0. The Hall–Kier alpha value is -2.38. The van der Waals surface area contributed by atoms with E-state index >= 15 is 0 Å². The molecule has 0 radical (unpaired) electrons. The van der Waals surface area contributed by atoms with Crippen molar-refractivity contribution in [2.75, 3.05) is 19.7 Å². The highest BCUT2D eigenvalue weighted by Crippen LogP contribution is 2.34. The molecule has 1 saturated heterocycles. The number of carbonyl (C=O) groups is 1. The molecule has 0 bridgehead atoms. The van der Waals surface area contributed by atoms with Gasteiger partial charge in [-0.1, -0.05) is 18.7 Å². The summed E-state index contributed by atoms with van der Waals surface area (Å²) in [6.07, 6.45) is -2.28. The van der Waals surface area contributed by atoms with Gasteiger partial charge in [-0.05, 0) is 57.2 Å². The summed E-state index contributed by atoms with van der Waals surface area (Å²) < 4.78 is 52.8. The van der Waals surface area contributed by atoms with E-state index in [1.807, 2.05) is 20.8 Å². The Morgan fingerprint density at radius 2 is 1.86 bits per heavy atom. The average molecular weight is 401 g/mol. The van der Waals surface area contributed by atoms with Gasteiger partial charge in [-0.2, -0.15) is 0 Å². The van der Waals surface area contributed by atoms with Crippen molar-refractivity contribution in [3.8, 4) is 11.5 Å². The van der Waals surface area contributed by atoms with Crippen LogP contribution < -0.4 is 9.47 Å². The monoisotopic (exact) mass is 401 g/mol. The molecule has 1 aromatic rings. The lowest BCUT2D eigenvalue weighted by molar-refractivity contribution is -0.275. The minimum Gasteiger partial charge on any atom is -0.489 e. The average Bonchev–Trinajstić information content (AvgIpc) is 2.58. The van der Waals surface area contributed by atoms with Gasteiger partial charge in [0, 0.05) is 13.1 Å². The summed E-state index contributed by atoms with van der Waals surface area (Å²) in [6.45, 7) is 10.3. The van der Waals surface area contributed by atoms with Gasteiger partial charge in [-0.25, -0.2) is 4.79 Å². The molecular weight excluding hydrogens is 375 g/mol. The Morgan fingerprint density at radius 1 is 1.21 bits per heavy atom. The topological polar surface area (TPSA) is 48.0 Å². The van der Waals surface area contributed by atoms with E-state index in [-0.39, 0.29) is 30.1 Å². The molecule has 5 nitrogen and oxygen atoms in total. The normalized spacial score (nSPS) is 15.9. The molecule has 0 aliphatic carbocycles. The number of hydrogen-bond acceptors (Lipinski definition) is 4. The number of likely N-dealkylation sites (tertiary alicyclic amines) is 1. The Balaban J connectivity index is 1.93. The summed E-state index contributed by atoms with van der Waals surface area (Å²) in [4.78, 5) is 13.7. The molecule has 0 spiro atoms. The SMILES string of the molecule is C=Cc1ccc(OC(F)(F)F)c(OCC2CCN(C(=O)OC(C)(C)C)CC2)c1. The number of piperidine rings is 1. The highest BCUT2D eigenvalue weighted by Gasteiger charge is 2.33. The van der Waals surface area contributed by atoms with Gasteiger partial charge < -0.3 is 19.1 Å². The third kappa shape index (κ3) is 6.98. The third-order valence-corrected chi connectivity index (χ3v) is 4.17. The van der Waals surface area contributed by atoms with E-state index in [0.717, 1.165) is 0 Å². The van der Waals surface area contributed by atoms with Gasteiger partial charge in [0.15, 0.2) is 11.5 Å². The summed E-state index contributed by atoms with van der Waals surface area (Å²) in [5.74, 6) is -0.251. The Morgan fingerprint density at radius 3 is 2.39 bits per heavy atom. The maximum atomic E-state index is 12.6. The number of hydrogen-bond donors (Lipinski definition) is 0. The van der Waals surface area contributed by atoms with Crippen LogP contribution in [-0.2, 0) is 4.74 Å². The molecule has 0 N–H and O–H groups in total. The number of carbonyl (C=O) groups excluding carboxylic acids is 1. The van der Waals surface area contributed by atoms with E-state index < -0.39 is 12.0 Å². The van der Waals surface area contributed by atoms with E-state index in [2.05, 4.69) is 11.3 Å². The second kappa shape index (κ2) is 8.75. The molecule has 8 heteroatoms. The number of benzene rings is 1. The molecular formula is C20H26F3NO4. The zero-order valence-electron chi connectivity index (χ0n) is 16.3. The highest BCUT2D eigenvalue weighted by molar-refractivity contribution is 5.68. The number of rotatable bonds is 5. The molecule has 0 unspecified atom stereocenters. The Bertz CT molecular complexity index is 690. The number of nitrogens with zero attached hydrogens (tertiary/aromatic N) is 1. The number of amides is 1. The number of ether oxygens (including phenoxy) is 3. The first-order valence-electron chi connectivity index (χ1n) is 9.10. The van der Waals surface area contributed by atoms with Crippen LogP contribution in [0.5, 0.6) is 11.5 Å². The quantitative estimate of drug-likeness (QED) is 0.676. The summed E-state index contributed by atoms with van der Waals surface area (Å²) >= 11 is 0. The maximum Gasteiger partial charge on any atom is 0.573 e. The van der Waals surface area contributed by atoms with Crippen LogP contribution in [0.15, 0.2) is 24.8 Å². The van der Waals surface area contributed by atoms with Crippen LogP contribution in [0.4, 0.5) is 18.0 Å². The first kappa shape index (κ1) is 21.9. The van der Waals surface area contributed by atoms with Crippen molar-refractivity contribution in [3.63, 3.8) is 0 Å². The molecule has 0 saturated carbocycles. The van der Waals surface area contributed by atoms with Crippen molar-refractivity contribution in [1.29, 1.82) is 0 Å². The van der Waals surface area contributed by atoms with E-state index in [0.29, 0.717) is 31.5 Å². The van der Waals surface area contributed by atoms with Crippen LogP contribution in [0.3, 0.4) is 0 Å². The second-order valence-corrected chi connectivity index (χ2v) is 7.68. The van der Waals surface area contributed by atoms with Crippen LogP contribution in [-0.4, -0.2) is 42.7 Å². The predicted molar refractivity (Wildman–Crippen MR) is 99.2 cm³/mol. The lowest BCUT2D eigenvalue weighted by atomic mass is 9.98. The van der Waals surface area contributed by atoms with E-state index in [4.69, 9.17) is 9.47 Å². The smallest absolute Gasteiger partial charge is 0.489 e. The van der Waals surface area contributed by atoms with Gasteiger partial charge in [0.25, 0.3) is 0 Å². The summed E-state index contributed by atoms with van der Waals surface area (Å²) in [5.41, 5.74) is 0.0755. The molecule has 156 valence electrons. The van der Waals surface area contributed by atoms with Crippen LogP contribution >= 0.6 is 0 Å². The molecule has 0 aromatic heterocycles. The first-order valence-corrected chi connectivity index (χ1v) is 9.10. The lowest BCUT2D eigenvalue weighted by Crippen LogP contribution is -2.42. The standard InChI is InChI=1S/C20H26F3NO4/c1-5-14-6-7-16(27-20(21,22)23)17(12-14)26-13-15-8-10-24(11-9-15)18(25)28-19(2,3)4/h5-7,12,15H,1,8-11,13H2,2-4H3. The largest absolute Gasteiger partial charge is 0.573 e. The maximum absolute atomic E-state index is 12.6. The fourth-order valence-electron chi connectivity index (χ4n) is 2.79. The Labute approximate surface area is 163 Å². The summed E-state index contributed by atoms with van der Waals surface area (Å²) in [6, 6.07) is 4.15. The fourth-order valence-corrected chi connectivity index (χ4v) is 2.79. The minimum atomic E-state index is -4.80. The van der Waals surface area contributed by atoms with Crippen LogP contribution in [0.2, 0.25) is 0 Å². The molecule has 28 heavy (non-hydrogen) atoms. The van der Waals surface area contributed by atoms with Crippen molar-refractivity contribution in [3.05, 3.63) is 30.3 Å². The molecule has 1 heterocycles. The minimum absolute atomic E-state index is 0.0179. The summed E-state index contributed by atoms with van der Waals surface area (Å²) in [7, 11) is 0. The number of halogens is 3. The molecule has 1 amide bonds. The van der Waals surface area contributed by atoms with Crippen molar-refractivity contribution < 1.29 is 32.2 Å². The van der Waals surface area contributed by atoms with Gasteiger partial charge >= 0.3 is 12.5 Å². The predicted octanol–water partition coefficient (Wildman–Crippen LogP) is 5.25. The third-order valence-electron chi connectivity index (χ3n) is 4.17. The number of alkyl halides is 3. The van der Waals surface area contributed by atoms with Crippen molar-refractivity contribution >= 4 is 12.2 Å². The van der Waals surface area contributed by atoms with Crippen molar-refractivity contribution in [2.24, 2.45) is 5.92 Å². The van der Waals surface area contributed by atoms with E-state index in [9.17, 15) is 18.0 Å². The van der Waals surface area contributed by atoms with Gasteiger partial charge in [-0.15, -0.1) is 13.2 Å². The fraction of sp³-hybridized carbons (Fsp3) is 0.550. The summed E-state index contributed by atoms with van der Waals surface area (Å²) in [5, 5.41) is 0. The van der Waals surface area contributed by atoms with Crippen LogP contribution in [0, 0.1) is 5.92 Å². The zero-order valence-corrected chi connectivity index (χ0v) is 16.3. The molecule has 1 fully saturated rings. The van der Waals surface area contributed by atoms with Gasteiger partial charge in [0.2, 0.25) is 0 Å². The molecule has 1 aliphatic heterocycles. The molecule has 2 rings (SSSR count). The van der Waals surface area contributed by atoms with Gasteiger partial charge in [0.05, 0.1) is 6.61 Å². The van der Waals surface area contributed by atoms with Gasteiger partial charge in [0.1, 0.15) is 5.60 Å². The van der Waals surface area contributed by atoms with Crippen molar-refractivity contribution in [1.82, 2.24) is 4.90 Å². The molecule has 1 aliphatic rings. The van der Waals surface area contributed by atoms with Crippen molar-refractivity contribution in [2.45, 2.75) is 45.6 Å². The lowest BCUT2D eigenvalue weighted by Gasteiger charge is -2.33. The molecule has 0 atom stereocenters. The Kier molecular flexibility index (Phi) is 6.85.